The summed E-state index contributed by atoms with van der Waals surface area (Å²) in [5.74, 6) is -1.05. The zero-order valence-corrected chi connectivity index (χ0v) is 13.8. The number of nitrogens with one attached hydrogen (secondary N) is 3. The van der Waals surface area contributed by atoms with E-state index in [1.54, 1.807) is 23.6 Å². The van der Waals surface area contributed by atoms with E-state index in [9.17, 15) is 14.4 Å². The number of hydrogen-bond acceptors (Lipinski definition) is 7. The molecule has 0 aliphatic carbocycles. The number of aromatic nitrogens is 3. The Morgan fingerprint density at radius 3 is 2.92 bits per heavy atom. The Labute approximate surface area is 145 Å². The normalized spacial score (nSPS) is 10.6. The van der Waals surface area contributed by atoms with Crippen LogP contribution in [0.2, 0.25) is 0 Å². The van der Waals surface area contributed by atoms with Crippen molar-refractivity contribution in [2.24, 2.45) is 0 Å². The van der Waals surface area contributed by atoms with Crippen LogP contribution in [0, 0.1) is 0 Å². The first-order valence-electron chi connectivity index (χ1n) is 7.29. The highest BCUT2D eigenvalue weighted by Gasteiger charge is 2.15. The summed E-state index contributed by atoms with van der Waals surface area (Å²) in [5.41, 5.74) is 1.23. The molecule has 0 bridgehead atoms. The second-order valence-electron chi connectivity index (χ2n) is 5.05. The summed E-state index contributed by atoms with van der Waals surface area (Å²) in [6, 6.07) is 4.70. The maximum absolute atomic E-state index is 12.2. The molecule has 0 aliphatic rings. The number of aromatic amines is 2. The van der Waals surface area contributed by atoms with E-state index in [1.807, 2.05) is 0 Å². The third-order valence-corrected chi connectivity index (χ3v) is 4.08. The van der Waals surface area contributed by atoms with Crippen LogP contribution in [0.4, 0.5) is 5.13 Å². The molecule has 0 unspecified atom stereocenters. The van der Waals surface area contributed by atoms with Gasteiger partial charge in [0.1, 0.15) is 0 Å². The van der Waals surface area contributed by atoms with Gasteiger partial charge >= 0.3 is 11.7 Å². The highest BCUT2D eigenvalue weighted by atomic mass is 32.1. The zero-order valence-electron chi connectivity index (χ0n) is 13.0. The van der Waals surface area contributed by atoms with E-state index in [4.69, 9.17) is 4.74 Å². The Balaban J connectivity index is 1.62. The lowest BCUT2D eigenvalue weighted by molar-refractivity contribution is 0.0470. The summed E-state index contributed by atoms with van der Waals surface area (Å²) < 4.78 is 5.01. The first kappa shape index (κ1) is 16.7. The molecule has 3 aromatic rings. The van der Waals surface area contributed by atoms with Gasteiger partial charge in [0.25, 0.3) is 0 Å². The standard InChI is InChI=1S/C16H14N4O4S/c1-2-5-17-16-20-12(8-25-16)14(22)24-7-13(21)9-3-4-10-11(6-9)19-15(23)18-10/h2-4,6,8H,1,5,7H2,(H,17,20)(H2,18,19,23). The second kappa shape index (κ2) is 7.14. The van der Waals surface area contributed by atoms with Crippen LogP contribution < -0.4 is 11.0 Å². The van der Waals surface area contributed by atoms with Gasteiger partial charge in [-0.3, -0.25) is 4.79 Å². The minimum Gasteiger partial charge on any atom is -0.453 e. The number of ether oxygens (including phenoxy) is 1. The van der Waals surface area contributed by atoms with Gasteiger partial charge in [0, 0.05) is 17.5 Å². The molecule has 2 aromatic heterocycles. The molecule has 128 valence electrons. The maximum atomic E-state index is 12.2. The second-order valence-corrected chi connectivity index (χ2v) is 5.90. The van der Waals surface area contributed by atoms with Gasteiger partial charge in [0.05, 0.1) is 11.0 Å². The van der Waals surface area contributed by atoms with E-state index in [0.29, 0.717) is 28.3 Å². The summed E-state index contributed by atoms with van der Waals surface area (Å²) in [6.45, 7) is 3.70. The maximum Gasteiger partial charge on any atom is 0.358 e. The molecule has 1 aromatic carbocycles. The van der Waals surface area contributed by atoms with Gasteiger partial charge in [-0.15, -0.1) is 17.9 Å². The molecule has 2 heterocycles. The van der Waals surface area contributed by atoms with Crippen LogP contribution in [0.1, 0.15) is 20.8 Å². The van der Waals surface area contributed by atoms with Crippen molar-refractivity contribution < 1.29 is 14.3 Å². The lowest BCUT2D eigenvalue weighted by atomic mass is 10.1. The number of anilines is 1. The minimum atomic E-state index is -0.674. The number of ketones is 1. The molecule has 0 saturated heterocycles. The van der Waals surface area contributed by atoms with Crippen molar-refractivity contribution in [1.82, 2.24) is 15.0 Å². The molecule has 3 N–H and O–H groups in total. The van der Waals surface area contributed by atoms with Gasteiger partial charge in [-0.25, -0.2) is 14.6 Å². The van der Waals surface area contributed by atoms with Gasteiger partial charge in [-0.1, -0.05) is 6.08 Å². The number of H-pyrrole nitrogens is 2. The average Bonchev–Trinajstić information content (AvgIpc) is 3.22. The first-order chi connectivity index (χ1) is 12.1. The van der Waals surface area contributed by atoms with Gasteiger partial charge in [0.15, 0.2) is 23.2 Å². The Morgan fingerprint density at radius 2 is 2.12 bits per heavy atom. The number of carbonyl (C=O) groups is 2. The molecular formula is C16H14N4O4S. The van der Waals surface area contributed by atoms with Crippen LogP contribution in [0.15, 0.2) is 41.0 Å². The highest BCUT2D eigenvalue weighted by molar-refractivity contribution is 7.13. The highest BCUT2D eigenvalue weighted by Crippen LogP contribution is 2.16. The Hall–Kier alpha value is -3.20. The van der Waals surface area contributed by atoms with Crippen molar-refractivity contribution in [2.75, 3.05) is 18.5 Å². The van der Waals surface area contributed by atoms with E-state index in [0.717, 1.165) is 0 Å². The molecule has 0 atom stereocenters. The van der Waals surface area contributed by atoms with Crippen molar-refractivity contribution in [3.63, 3.8) is 0 Å². The number of carbonyl (C=O) groups excluding carboxylic acids is 2. The predicted octanol–water partition coefficient (Wildman–Crippen LogP) is 1.95. The Kier molecular flexibility index (Phi) is 4.75. The third kappa shape index (κ3) is 3.83. The number of hydrogen-bond donors (Lipinski definition) is 3. The third-order valence-electron chi connectivity index (χ3n) is 3.28. The quantitative estimate of drug-likeness (QED) is 0.338. The van der Waals surface area contributed by atoms with Crippen LogP contribution in [0.3, 0.4) is 0 Å². The van der Waals surface area contributed by atoms with Gasteiger partial charge in [-0.2, -0.15) is 0 Å². The molecule has 9 heteroatoms. The Morgan fingerprint density at radius 1 is 1.32 bits per heavy atom. The topological polar surface area (TPSA) is 117 Å². The van der Waals surface area contributed by atoms with Crippen molar-refractivity contribution in [3.05, 3.63) is 58.0 Å². The molecule has 3 rings (SSSR count). The number of nitrogens with zero attached hydrogens (tertiary/aromatic N) is 1. The van der Waals surface area contributed by atoms with Crippen LogP contribution in [0.25, 0.3) is 11.0 Å². The van der Waals surface area contributed by atoms with E-state index in [2.05, 4.69) is 26.8 Å². The lowest BCUT2D eigenvalue weighted by Crippen LogP contribution is -2.14. The monoisotopic (exact) mass is 358 g/mol. The molecule has 0 amide bonds. The molecule has 0 fully saturated rings. The number of fused-ring (bicyclic) bond motifs is 1. The van der Waals surface area contributed by atoms with Crippen LogP contribution in [-0.2, 0) is 4.74 Å². The first-order valence-corrected chi connectivity index (χ1v) is 8.17. The van der Waals surface area contributed by atoms with E-state index in [-0.39, 0.29) is 17.2 Å². The number of esters is 1. The average molecular weight is 358 g/mol. The van der Waals surface area contributed by atoms with Crippen LogP contribution in [0.5, 0.6) is 0 Å². The van der Waals surface area contributed by atoms with Gasteiger partial charge in [0.2, 0.25) is 0 Å². The number of thiazole rings is 1. The summed E-state index contributed by atoms with van der Waals surface area (Å²) in [5, 5.41) is 5.08. The van der Waals surface area contributed by atoms with E-state index >= 15 is 0 Å². The van der Waals surface area contributed by atoms with Crippen molar-refractivity contribution in [2.45, 2.75) is 0 Å². The molecule has 0 aliphatic heterocycles. The van der Waals surface area contributed by atoms with Gasteiger partial charge in [-0.05, 0) is 18.2 Å². The molecule has 0 spiro atoms. The van der Waals surface area contributed by atoms with Crippen LogP contribution >= 0.6 is 11.3 Å². The zero-order chi connectivity index (χ0) is 17.8. The van der Waals surface area contributed by atoms with Gasteiger partial charge < -0.3 is 20.0 Å². The Bertz CT molecular complexity index is 1000. The van der Waals surface area contributed by atoms with Crippen LogP contribution in [-0.4, -0.2) is 39.9 Å². The summed E-state index contributed by atoms with van der Waals surface area (Å²) >= 11 is 1.26. The summed E-state index contributed by atoms with van der Waals surface area (Å²) in [6.07, 6.45) is 1.67. The predicted molar refractivity (Wildman–Crippen MR) is 94.3 cm³/mol. The largest absolute Gasteiger partial charge is 0.453 e. The molecule has 25 heavy (non-hydrogen) atoms. The van der Waals surface area contributed by atoms with Crippen molar-refractivity contribution in [1.29, 1.82) is 0 Å². The van der Waals surface area contributed by atoms with Crippen molar-refractivity contribution >= 4 is 39.3 Å². The summed E-state index contributed by atoms with van der Waals surface area (Å²) in [4.78, 5) is 44.6. The summed E-state index contributed by atoms with van der Waals surface area (Å²) in [7, 11) is 0. The van der Waals surface area contributed by atoms with E-state index in [1.165, 1.54) is 17.4 Å². The number of benzene rings is 1. The smallest absolute Gasteiger partial charge is 0.358 e. The van der Waals surface area contributed by atoms with E-state index < -0.39 is 12.6 Å². The molecule has 0 radical (unpaired) electrons. The lowest BCUT2D eigenvalue weighted by Gasteiger charge is -2.03. The fourth-order valence-electron chi connectivity index (χ4n) is 2.10. The minimum absolute atomic E-state index is 0.134. The van der Waals surface area contributed by atoms with Crippen molar-refractivity contribution in [3.8, 4) is 0 Å². The molecular weight excluding hydrogens is 344 g/mol. The fraction of sp³-hybridized carbons (Fsp3) is 0.125. The fourth-order valence-corrected chi connectivity index (χ4v) is 2.79. The molecule has 0 saturated carbocycles. The number of rotatable bonds is 7. The number of Topliss-reactive ketones (excluding diaryl/α,β-unsaturated/α-hetero) is 1. The SMILES string of the molecule is C=CCNc1nc(C(=O)OCC(=O)c2ccc3[nH]c(=O)[nH]c3c2)cs1. The molecule has 8 nitrogen and oxygen atoms in total. The number of imidazole rings is 1.